The van der Waals surface area contributed by atoms with Gasteiger partial charge in [0, 0.05) is 6.42 Å². The molecule has 8 aliphatic carbocycles. The summed E-state index contributed by atoms with van der Waals surface area (Å²) in [5.74, 6) is 5.40. The average molecular weight is 426 g/mol. The van der Waals surface area contributed by atoms with Gasteiger partial charge >= 0.3 is 0 Å². The minimum Gasteiger partial charge on any atom is -0.340 e. The van der Waals surface area contributed by atoms with Gasteiger partial charge in [0.25, 0.3) is 0 Å². The Bertz CT molecular complexity index is 672. The number of hydrogen-bond donors (Lipinski definition) is 2. The highest BCUT2D eigenvalue weighted by Crippen LogP contribution is 2.61. The maximum atomic E-state index is 13.4. The van der Waals surface area contributed by atoms with Gasteiger partial charge in [-0.2, -0.15) is 0 Å². The molecule has 9 fully saturated rings. The third kappa shape index (κ3) is 2.90. The lowest BCUT2D eigenvalue weighted by Crippen LogP contribution is -2.70. The molecule has 2 atom stereocenters. The van der Waals surface area contributed by atoms with Crippen LogP contribution in [0.5, 0.6) is 0 Å². The van der Waals surface area contributed by atoms with Crippen LogP contribution in [0.25, 0.3) is 0 Å². The summed E-state index contributed by atoms with van der Waals surface area (Å²) >= 11 is 0. The molecule has 170 valence electrons. The fourth-order valence-corrected chi connectivity index (χ4v) is 10.3. The summed E-state index contributed by atoms with van der Waals surface area (Å²) in [5, 5.41) is 6.79. The number of rotatable bonds is 4. The van der Waals surface area contributed by atoms with Crippen LogP contribution >= 0.6 is 0 Å². The van der Waals surface area contributed by atoms with Gasteiger partial charge in [0.2, 0.25) is 11.8 Å². The highest BCUT2D eigenvalue weighted by molar-refractivity contribution is 5.84. The normalized spacial score (nSPS) is 54.0. The Hall–Kier alpha value is -1.10. The number of carbonyl (C=O) groups excluding carboxylic acids is 2. The van der Waals surface area contributed by atoms with E-state index in [4.69, 9.17) is 0 Å². The molecule has 0 spiro atoms. The van der Waals surface area contributed by atoms with Crippen LogP contribution in [-0.2, 0) is 9.59 Å². The second-order valence-corrected chi connectivity index (χ2v) is 13.3. The molecule has 0 aromatic rings. The molecule has 5 nitrogen and oxygen atoms in total. The van der Waals surface area contributed by atoms with Gasteiger partial charge in [-0.3, -0.25) is 14.5 Å². The Morgan fingerprint density at radius 3 is 1.13 bits per heavy atom. The van der Waals surface area contributed by atoms with E-state index in [1.54, 1.807) is 0 Å². The Balaban J connectivity index is 0.970. The third-order valence-electron chi connectivity index (χ3n) is 11.1. The number of amides is 2. The molecule has 5 heteroatoms. The van der Waals surface area contributed by atoms with Crippen LogP contribution in [0.3, 0.4) is 0 Å². The van der Waals surface area contributed by atoms with Crippen LogP contribution in [0.15, 0.2) is 0 Å². The van der Waals surface area contributed by atoms with Gasteiger partial charge in [-0.1, -0.05) is 0 Å². The smallest absolute Gasteiger partial charge is 0.227 e. The number of nitrogens with zero attached hydrogens (tertiary/aromatic N) is 1. The first kappa shape index (κ1) is 19.4. The highest BCUT2D eigenvalue weighted by atomic mass is 16.2. The van der Waals surface area contributed by atoms with Crippen LogP contribution in [0.2, 0.25) is 0 Å². The van der Waals surface area contributed by atoms with Gasteiger partial charge in [-0.15, -0.1) is 0 Å². The topological polar surface area (TPSA) is 61.4 Å². The van der Waals surface area contributed by atoms with Crippen molar-refractivity contribution >= 4 is 11.8 Å². The maximum absolute atomic E-state index is 13.4. The minimum atomic E-state index is -0.0802. The van der Waals surface area contributed by atoms with Gasteiger partial charge < -0.3 is 10.6 Å². The van der Waals surface area contributed by atoms with Crippen molar-refractivity contribution in [2.24, 2.45) is 46.3 Å². The summed E-state index contributed by atoms with van der Waals surface area (Å²) in [5.41, 5.74) is -0.160. The first-order chi connectivity index (χ1) is 14.9. The highest BCUT2D eigenvalue weighted by Gasteiger charge is 2.57. The van der Waals surface area contributed by atoms with E-state index in [-0.39, 0.29) is 23.2 Å². The summed E-state index contributed by atoms with van der Waals surface area (Å²) in [6, 6.07) is 0. The Morgan fingerprint density at radius 1 is 0.581 bits per heavy atom. The lowest BCUT2D eigenvalue weighted by Gasteiger charge is -2.57. The molecule has 1 saturated heterocycles. The molecule has 31 heavy (non-hydrogen) atoms. The first-order valence-electron chi connectivity index (χ1n) is 13.2. The van der Waals surface area contributed by atoms with Gasteiger partial charge in [0.15, 0.2) is 0 Å². The first-order valence-corrected chi connectivity index (χ1v) is 13.2. The summed E-state index contributed by atoms with van der Waals surface area (Å²) < 4.78 is 0. The monoisotopic (exact) mass is 425 g/mol. The average Bonchev–Trinajstić information content (AvgIpc) is 2.70. The summed E-state index contributed by atoms with van der Waals surface area (Å²) in [4.78, 5) is 28.9. The zero-order chi connectivity index (χ0) is 21.0. The van der Waals surface area contributed by atoms with Crippen molar-refractivity contribution in [2.75, 3.05) is 7.05 Å². The number of carbonyl (C=O) groups is 2. The van der Waals surface area contributed by atoms with E-state index in [2.05, 4.69) is 22.6 Å². The summed E-state index contributed by atoms with van der Waals surface area (Å²) in [6.45, 7) is 0. The van der Waals surface area contributed by atoms with Gasteiger partial charge in [0.05, 0.1) is 23.2 Å². The molecule has 0 aromatic heterocycles. The molecule has 1 heterocycles. The second kappa shape index (κ2) is 6.48. The molecular formula is C26H39N3O2. The molecule has 9 aliphatic rings. The fraction of sp³-hybridized carbons (Fsp3) is 0.923. The molecular weight excluding hydrogens is 386 g/mol. The van der Waals surface area contributed by atoms with E-state index in [1.165, 1.54) is 38.5 Å². The lowest BCUT2D eigenvalue weighted by atomic mass is 9.49. The van der Waals surface area contributed by atoms with Crippen molar-refractivity contribution in [1.82, 2.24) is 15.5 Å². The summed E-state index contributed by atoms with van der Waals surface area (Å²) in [6.07, 6.45) is 16.0. The van der Waals surface area contributed by atoms with Crippen molar-refractivity contribution in [3.05, 3.63) is 0 Å². The Kier molecular flexibility index (Phi) is 4.05. The fourth-order valence-electron chi connectivity index (χ4n) is 10.3. The molecule has 8 saturated carbocycles. The molecule has 1 aliphatic heterocycles. The Morgan fingerprint density at radius 2 is 0.871 bits per heavy atom. The van der Waals surface area contributed by atoms with E-state index < -0.39 is 0 Å². The lowest BCUT2D eigenvalue weighted by molar-refractivity contribution is -0.155. The largest absolute Gasteiger partial charge is 0.340 e. The zero-order valence-corrected chi connectivity index (χ0v) is 19.1. The van der Waals surface area contributed by atoms with Crippen LogP contribution in [0, 0.1) is 46.3 Å². The van der Waals surface area contributed by atoms with Crippen LogP contribution in [0.4, 0.5) is 0 Å². The van der Waals surface area contributed by atoms with E-state index in [0.717, 1.165) is 80.5 Å². The predicted molar refractivity (Wildman–Crippen MR) is 117 cm³/mol. The van der Waals surface area contributed by atoms with Gasteiger partial charge in [-0.25, -0.2) is 0 Å². The van der Waals surface area contributed by atoms with E-state index in [9.17, 15) is 9.59 Å². The van der Waals surface area contributed by atoms with Crippen molar-refractivity contribution in [1.29, 1.82) is 0 Å². The maximum Gasteiger partial charge on any atom is 0.227 e. The molecule has 0 radical (unpaired) electrons. The number of likely N-dealkylation sites (tertiary alicyclic amines) is 1. The number of hydrogen-bond acceptors (Lipinski definition) is 3. The minimum absolute atomic E-state index is 0.0802. The zero-order valence-electron chi connectivity index (χ0n) is 19.1. The summed E-state index contributed by atoms with van der Waals surface area (Å²) in [7, 11) is 2.07. The second-order valence-electron chi connectivity index (χ2n) is 13.3. The van der Waals surface area contributed by atoms with E-state index >= 15 is 0 Å². The SMILES string of the molecule is CN1C(NC(=O)C23CC4CC(CC(C4)C2)C3)CC1NC(=O)C12CC3CC(CC(C3)C1)C2. The molecule has 2 unspecified atom stereocenters. The number of nitrogens with one attached hydrogen (secondary N) is 2. The van der Waals surface area contributed by atoms with Crippen molar-refractivity contribution in [3.63, 3.8) is 0 Å². The van der Waals surface area contributed by atoms with E-state index in [0.29, 0.717) is 11.8 Å². The Labute approximate surface area is 186 Å². The molecule has 0 aromatic carbocycles. The standard InChI is InChI=1S/C26H39N3O2/c1-29-21(27-23(30)25-9-15-2-16(10-25)4-17(3-15)11-25)8-22(29)28-24(31)26-12-18-5-19(13-26)7-20(6-18)14-26/h15-22H,2-14H2,1H3,(H,27,30)(H,28,31). The van der Waals surface area contributed by atoms with Crippen LogP contribution in [-0.4, -0.2) is 36.1 Å². The van der Waals surface area contributed by atoms with Gasteiger partial charge in [0.1, 0.15) is 0 Å². The predicted octanol–water partition coefficient (Wildman–Crippen LogP) is 3.64. The van der Waals surface area contributed by atoms with Crippen molar-refractivity contribution < 1.29 is 9.59 Å². The van der Waals surface area contributed by atoms with Crippen molar-refractivity contribution in [2.45, 2.75) is 95.8 Å². The quantitative estimate of drug-likeness (QED) is 0.723. The van der Waals surface area contributed by atoms with Crippen LogP contribution < -0.4 is 10.6 Å². The van der Waals surface area contributed by atoms with Crippen molar-refractivity contribution in [3.8, 4) is 0 Å². The molecule has 2 amide bonds. The molecule has 8 bridgehead atoms. The molecule has 9 rings (SSSR count). The van der Waals surface area contributed by atoms with E-state index in [1.807, 2.05) is 0 Å². The molecule has 2 N–H and O–H groups in total. The van der Waals surface area contributed by atoms with Gasteiger partial charge in [-0.05, 0) is 120 Å². The third-order valence-corrected chi connectivity index (χ3v) is 11.1. The van der Waals surface area contributed by atoms with Crippen LogP contribution in [0.1, 0.15) is 83.5 Å².